The third kappa shape index (κ3) is 3.03. The Labute approximate surface area is 117 Å². The lowest BCUT2D eigenvalue weighted by Crippen LogP contribution is -2.46. The van der Waals surface area contributed by atoms with Crippen molar-refractivity contribution in [1.29, 1.82) is 0 Å². The second-order valence-corrected chi connectivity index (χ2v) is 4.78. The molecule has 20 heavy (non-hydrogen) atoms. The van der Waals surface area contributed by atoms with Crippen molar-refractivity contribution in [3.63, 3.8) is 0 Å². The molecule has 0 spiro atoms. The van der Waals surface area contributed by atoms with Gasteiger partial charge in [0, 0.05) is 6.54 Å². The molecule has 2 rings (SSSR count). The molecule has 0 amide bonds. The number of carbonyl (C=O) groups is 1. The van der Waals surface area contributed by atoms with Crippen LogP contribution in [0.3, 0.4) is 0 Å². The zero-order valence-electron chi connectivity index (χ0n) is 11.1. The predicted molar refractivity (Wildman–Crippen MR) is 74.7 cm³/mol. The second-order valence-electron chi connectivity index (χ2n) is 4.78. The van der Waals surface area contributed by atoms with Crippen molar-refractivity contribution in [2.24, 2.45) is 0 Å². The first-order valence-electron chi connectivity index (χ1n) is 6.31. The Bertz CT molecular complexity index is 600. The fourth-order valence-corrected chi connectivity index (χ4v) is 1.98. The summed E-state index contributed by atoms with van der Waals surface area (Å²) in [4.78, 5) is 11.6. The minimum absolute atomic E-state index is 0.389. The topological polar surface area (TPSA) is 49.3 Å². The van der Waals surface area contributed by atoms with E-state index in [1.807, 2.05) is 30.3 Å². The minimum Gasteiger partial charge on any atom is -0.480 e. The monoisotopic (exact) mass is 273 g/mol. The molecule has 2 aromatic rings. The summed E-state index contributed by atoms with van der Waals surface area (Å²) in [5.74, 6) is -1.49. The van der Waals surface area contributed by atoms with Crippen LogP contribution in [0.2, 0.25) is 0 Å². The van der Waals surface area contributed by atoms with Crippen LogP contribution >= 0.6 is 0 Å². The van der Waals surface area contributed by atoms with E-state index >= 15 is 0 Å². The Morgan fingerprint density at radius 1 is 1.20 bits per heavy atom. The van der Waals surface area contributed by atoms with Crippen LogP contribution in [0.5, 0.6) is 0 Å². The van der Waals surface area contributed by atoms with Gasteiger partial charge in [0.15, 0.2) is 0 Å². The van der Waals surface area contributed by atoms with Gasteiger partial charge in [-0.1, -0.05) is 42.5 Å². The van der Waals surface area contributed by atoms with Crippen LogP contribution in [-0.2, 0) is 16.9 Å². The van der Waals surface area contributed by atoms with E-state index in [2.05, 4.69) is 5.32 Å². The molecule has 0 saturated carbocycles. The van der Waals surface area contributed by atoms with Crippen LogP contribution in [0.25, 0.3) is 0 Å². The minimum atomic E-state index is -1.34. The number of aliphatic carboxylic acids is 1. The molecular weight excluding hydrogens is 257 g/mol. The molecule has 0 saturated heterocycles. The van der Waals surface area contributed by atoms with E-state index in [1.54, 1.807) is 6.07 Å². The number of benzene rings is 2. The third-order valence-electron chi connectivity index (χ3n) is 3.32. The van der Waals surface area contributed by atoms with Crippen LogP contribution in [0.15, 0.2) is 54.6 Å². The average Bonchev–Trinajstić information content (AvgIpc) is 2.45. The zero-order chi connectivity index (χ0) is 14.6. The summed E-state index contributed by atoms with van der Waals surface area (Å²) in [6, 6.07) is 15.1. The number of carboxylic acids is 1. The van der Waals surface area contributed by atoms with E-state index in [9.17, 15) is 14.3 Å². The average molecular weight is 273 g/mol. The third-order valence-corrected chi connectivity index (χ3v) is 3.32. The second kappa shape index (κ2) is 5.84. The van der Waals surface area contributed by atoms with Crippen LogP contribution in [-0.4, -0.2) is 11.1 Å². The Hall–Kier alpha value is -2.20. The van der Waals surface area contributed by atoms with Gasteiger partial charge < -0.3 is 5.11 Å². The number of hydrogen-bond donors (Lipinski definition) is 2. The largest absolute Gasteiger partial charge is 0.480 e. The molecular formula is C16H16FNO2. The fraction of sp³-hybridized carbons (Fsp3) is 0.188. The molecule has 2 aromatic carbocycles. The van der Waals surface area contributed by atoms with Crippen molar-refractivity contribution in [2.75, 3.05) is 0 Å². The number of rotatable bonds is 5. The van der Waals surface area contributed by atoms with Gasteiger partial charge in [0.1, 0.15) is 11.4 Å². The standard InChI is InChI=1S/C16H16FNO2/c1-16(15(19)20,13-8-5-9-14(17)10-13)18-11-12-6-3-2-4-7-12/h2-10,18H,11H2,1H3,(H,19,20). The van der Waals surface area contributed by atoms with Gasteiger partial charge in [0.2, 0.25) is 0 Å². The van der Waals surface area contributed by atoms with Gasteiger partial charge in [-0.05, 0) is 30.2 Å². The molecule has 0 bridgehead atoms. The zero-order valence-corrected chi connectivity index (χ0v) is 11.1. The van der Waals surface area contributed by atoms with Crippen LogP contribution < -0.4 is 5.32 Å². The SMILES string of the molecule is CC(NCc1ccccc1)(C(=O)O)c1cccc(F)c1. The molecule has 0 aliphatic heterocycles. The summed E-state index contributed by atoms with van der Waals surface area (Å²) in [7, 11) is 0. The first-order valence-corrected chi connectivity index (χ1v) is 6.31. The number of halogens is 1. The van der Waals surface area contributed by atoms with Crippen LogP contribution in [0, 0.1) is 5.82 Å². The summed E-state index contributed by atoms with van der Waals surface area (Å²) in [6.07, 6.45) is 0. The maximum atomic E-state index is 13.3. The van der Waals surface area contributed by atoms with E-state index < -0.39 is 17.3 Å². The normalized spacial score (nSPS) is 13.7. The molecule has 1 unspecified atom stereocenters. The molecule has 0 aliphatic carbocycles. The van der Waals surface area contributed by atoms with Crippen molar-refractivity contribution in [1.82, 2.24) is 5.32 Å². The highest BCUT2D eigenvalue weighted by Gasteiger charge is 2.34. The molecule has 0 aliphatic rings. The lowest BCUT2D eigenvalue weighted by atomic mass is 9.91. The first-order chi connectivity index (χ1) is 9.52. The predicted octanol–water partition coefficient (Wildman–Crippen LogP) is 2.92. The van der Waals surface area contributed by atoms with Crippen molar-refractivity contribution < 1.29 is 14.3 Å². The molecule has 104 valence electrons. The molecule has 0 radical (unpaired) electrons. The van der Waals surface area contributed by atoms with Crippen molar-refractivity contribution in [3.05, 3.63) is 71.5 Å². The van der Waals surface area contributed by atoms with Gasteiger partial charge in [-0.2, -0.15) is 0 Å². The Morgan fingerprint density at radius 3 is 2.50 bits per heavy atom. The Kier molecular flexibility index (Phi) is 4.15. The van der Waals surface area contributed by atoms with E-state index in [0.717, 1.165) is 5.56 Å². The van der Waals surface area contributed by atoms with E-state index in [1.165, 1.54) is 25.1 Å². The first kappa shape index (κ1) is 14.2. The highest BCUT2D eigenvalue weighted by atomic mass is 19.1. The van der Waals surface area contributed by atoms with Crippen molar-refractivity contribution in [2.45, 2.75) is 19.0 Å². The highest BCUT2D eigenvalue weighted by Crippen LogP contribution is 2.22. The molecule has 3 nitrogen and oxygen atoms in total. The molecule has 0 heterocycles. The van der Waals surface area contributed by atoms with Gasteiger partial charge >= 0.3 is 5.97 Å². The lowest BCUT2D eigenvalue weighted by molar-refractivity contribution is -0.144. The highest BCUT2D eigenvalue weighted by molar-refractivity contribution is 5.80. The quantitative estimate of drug-likeness (QED) is 0.880. The molecule has 0 fully saturated rings. The van der Waals surface area contributed by atoms with E-state index in [4.69, 9.17) is 0 Å². The molecule has 2 N–H and O–H groups in total. The smallest absolute Gasteiger partial charge is 0.328 e. The molecule has 0 aromatic heterocycles. The van der Waals surface area contributed by atoms with Gasteiger partial charge in [0.05, 0.1) is 0 Å². The number of carboxylic acid groups (broad SMARTS) is 1. The van der Waals surface area contributed by atoms with Gasteiger partial charge in [0.25, 0.3) is 0 Å². The summed E-state index contributed by atoms with van der Waals surface area (Å²) >= 11 is 0. The van der Waals surface area contributed by atoms with Gasteiger partial charge in [-0.15, -0.1) is 0 Å². The maximum absolute atomic E-state index is 13.3. The summed E-state index contributed by atoms with van der Waals surface area (Å²) in [5.41, 5.74) is 0.0232. The molecule has 4 heteroatoms. The van der Waals surface area contributed by atoms with Crippen molar-refractivity contribution in [3.8, 4) is 0 Å². The van der Waals surface area contributed by atoms with Gasteiger partial charge in [-0.3, -0.25) is 5.32 Å². The fourth-order valence-electron chi connectivity index (χ4n) is 1.98. The lowest BCUT2D eigenvalue weighted by Gasteiger charge is -2.27. The van der Waals surface area contributed by atoms with Gasteiger partial charge in [-0.25, -0.2) is 9.18 Å². The summed E-state index contributed by atoms with van der Waals surface area (Å²) in [6.45, 7) is 1.92. The number of hydrogen-bond acceptors (Lipinski definition) is 2. The number of nitrogens with one attached hydrogen (secondary N) is 1. The van der Waals surface area contributed by atoms with E-state index in [-0.39, 0.29) is 0 Å². The summed E-state index contributed by atoms with van der Waals surface area (Å²) in [5, 5.41) is 12.5. The van der Waals surface area contributed by atoms with Crippen molar-refractivity contribution >= 4 is 5.97 Å². The molecule has 1 atom stereocenters. The van der Waals surface area contributed by atoms with E-state index in [0.29, 0.717) is 12.1 Å². The Morgan fingerprint density at radius 2 is 1.90 bits per heavy atom. The summed E-state index contributed by atoms with van der Waals surface area (Å²) < 4.78 is 13.3. The van der Waals surface area contributed by atoms with Crippen LogP contribution in [0.4, 0.5) is 4.39 Å². The maximum Gasteiger partial charge on any atom is 0.328 e. The van der Waals surface area contributed by atoms with Crippen LogP contribution in [0.1, 0.15) is 18.1 Å². The Balaban J connectivity index is 2.24.